The van der Waals surface area contributed by atoms with Crippen LogP contribution in [-0.4, -0.2) is 93.0 Å². The summed E-state index contributed by atoms with van der Waals surface area (Å²) in [4.78, 5) is 78.8. The maximum atomic E-state index is 13.6. The molecule has 1 heterocycles. The van der Waals surface area contributed by atoms with Crippen molar-refractivity contribution in [1.82, 2.24) is 16.0 Å². The summed E-state index contributed by atoms with van der Waals surface area (Å²) in [6, 6.07) is -3.49. The molecule has 3 atom stereocenters. The van der Waals surface area contributed by atoms with Gasteiger partial charge in [-0.3, -0.25) is 0 Å². The molecule has 0 radical (unpaired) electrons. The number of esters is 3. The van der Waals surface area contributed by atoms with Crippen LogP contribution in [0.25, 0.3) is 0 Å². The summed E-state index contributed by atoms with van der Waals surface area (Å²) in [6.45, 7) is 30.9. The number of carbonyl (C=O) groups excluding carboxylic acids is 6. The van der Waals surface area contributed by atoms with Gasteiger partial charge in [0, 0.05) is 24.0 Å². The van der Waals surface area contributed by atoms with E-state index in [2.05, 4.69) is 16.0 Å². The molecule has 0 aromatic carbocycles. The van der Waals surface area contributed by atoms with E-state index in [0.717, 1.165) is 0 Å². The Hall–Kier alpha value is -4.83. The number of pyridine rings is 1. The van der Waals surface area contributed by atoms with Crippen LogP contribution in [-0.2, 0) is 62.2 Å². The van der Waals surface area contributed by atoms with Crippen molar-refractivity contribution in [2.45, 2.75) is 221 Å². The van der Waals surface area contributed by atoms with Gasteiger partial charge in [-0.05, 0) is 150 Å². The Morgan fingerprint density at radius 3 is 1.21 bits per heavy atom. The van der Waals surface area contributed by atoms with E-state index in [1.807, 2.05) is 0 Å². The molecular weight excluding hydrogens is 805 g/mol. The van der Waals surface area contributed by atoms with E-state index in [1.54, 1.807) is 135 Å². The Bertz CT molecular complexity index is 1700. The van der Waals surface area contributed by atoms with Crippen LogP contribution < -0.4 is 20.5 Å². The molecule has 0 saturated carbocycles. The normalized spacial score (nSPS) is 14.0. The minimum Gasteiger partial charge on any atom is -0.503 e. The maximum Gasteiger partial charge on any atom is 0.408 e. The highest BCUT2D eigenvalue weighted by Gasteiger charge is 2.34. The number of carbonyl (C=O) groups is 6. The van der Waals surface area contributed by atoms with Crippen LogP contribution in [0.1, 0.15) is 161 Å². The Kier molecular flexibility index (Phi) is 19.6. The van der Waals surface area contributed by atoms with Gasteiger partial charge in [-0.25, -0.2) is 33.3 Å². The van der Waals surface area contributed by atoms with E-state index in [9.17, 15) is 33.9 Å². The molecule has 0 fully saturated rings. The van der Waals surface area contributed by atoms with Crippen LogP contribution in [0, 0.1) is 0 Å². The zero-order valence-corrected chi connectivity index (χ0v) is 40.6. The Balaban J connectivity index is 3.68. The molecule has 0 saturated heterocycles. The fourth-order valence-corrected chi connectivity index (χ4v) is 5.60. The summed E-state index contributed by atoms with van der Waals surface area (Å²) in [5.74, 6) is -2.33. The van der Waals surface area contributed by atoms with Crippen molar-refractivity contribution in [2.75, 3.05) is 0 Å². The van der Waals surface area contributed by atoms with E-state index in [0.29, 0.717) is 24.9 Å². The van der Waals surface area contributed by atoms with Crippen molar-refractivity contribution in [3.05, 3.63) is 23.5 Å². The second kappa shape index (κ2) is 22.0. The molecule has 4 N–H and O–H groups in total. The molecule has 0 aliphatic heterocycles. The van der Waals surface area contributed by atoms with Gasteiger partial charge in [0.2, 0.25) is 6.20 Å². The lowest BCUT2D eigenvalue weighted by atomic mass is 9.96. The van der Waals surface area contributed by atoms with Crippen LogP contribution in [0.3, 0.4) is 0 Å². The predicted octanol–water partition coefficient (Wildman–Crippen LogP) is 7.03. The number of aryl methyl sites for hydroxylation is 2. The highest BCUT2D eigenvalue weighted by molar-refractivity contribution is 5.83. The molecular formula is C45H77N4O13+. The SMILES string of the molecule is CC(C)(C)OC(=O)NC(CCCC[n+]1cc(O)c(CC(NC(=O)OC(C)(C)C)C(=O)OC(C)(C)C)c(CCC(NC(=O)OC(C)(C)C)C(=O)OC(C)(C)C)c1)C(=O)OC(C)(C)C. The summed E-state index contributed by atoms with van der Waals surface area (Å²) in [6.07, 6.45) is 1.66. The summed E-state index contributed by atoms with van der Waals surface area (Å²) in [5.41, 5.74) is -4.40. The Labute approximate surface area is 369 Å². The Morgan fingerprint density at radius 2 is 0.839 bits per heavy atom. The molecule has 1 aromatic heterocycles. The molecule has 3 unspecified atom stereocenters. The average molecular weight is 882 g/mol. The van der Waals surface area contributed by atoms with Gasteiger partial charge in [0.25, 0.3) is 0 Å². The molecule has 354 valence electrons. The number of hydrogen-bond donors (Lipinski definition) is 4. The van der Waals surface area contributed by atoms with Gasteiger partial charge in [-0.15, -0.1) is 0 Å². The molecule has 3 amide bonds. The number of amides is 3. The van der Waals surface area contributed by atoms with E-state index in [-0.39, 0.29) is 37.0 Å². The van der Waals surface area contributed by atoms with E-state index < -0.39 is 87.9 Å². The number of rotatable bonds is 16. The first-order chi connectivity index (χ1) is 27.8. The molecule has 1 aromatic rings. The quantitative estimate of drug-likeness (QED) is 0.0568. The van der Waals surface area contributed by atoms with E-state index >= 15 is 0 Å². The first-order valence-electron chi connectivity index (χ1n) is 21.2. The maximum absolute atomic E-state index is 13.6. The van der Waals surface area contributed by atoms with Crippen molar-refractivity contribution in [3.8, 4) is 5.75 Å². The molecule has 62 heavy (non-hydrogen) atoms. The summed E-state index contributed by atoms with van der Waals surface area (Å²) >= 11 is 0. The van der Waals surface area contributed by atoms with Gasteiger partial charge in [0.1, 0.15) is 58.3 Å². The number of alkyl carbamates (subject to hydrolysis) is 3. The van der Waals surface area contributed by atoms with E-state index in [1.165, 1.54) is 6.20 Å². The molecule has 0 aliphatic carbocycles. The molecule has 0 spiro atoms. The van der Waals surface area contributed by atoms with Crippen LogP contribution >= 0.6 is 0 Å². The van der Waals surface area contributed by atoms with Crippen LogP contribution in [0.15, 0.2) is 12.4 Å². The average Bonchev–Trinajstić information content (AvgIpc) is 3.00. The van der Waals surface area contributed by atoms with Crippen molar-refractivity contribution >= 4 is 36.2 Å². The smallest absolute Gasteiger partial charge is 0.408 e. The van der Waals surface area contributed by atoms with Crippen LogP contribution in [0.5, 0.6) is 5.75 Å². The lowest BCUT2D eigenvalue weighted by Crippen LogP contribution is -2.47. The standard InChI is InChI=1S/C45H76N4O13/c1-40(2,3)57-34(51)30(46-37(54)60-43(10,11)12)21-19-20-24-49-26-28(22-23-31(35(52)58-41(4,5)6)47-38(55)61-44(13,14)15)29(33(50)27-49)25-32(36(53)59-42(7,8)9)48-39(56)62-45(16,17)18/h26-27,30-32H,19-25H2,1-18H3,(H3-,46,47,48,50,54,55,56)/p+1. The number of nitrogens with zero attached hydrogens (tertiary/aromatic N) is 1. The third kappa shape index (κ3) is 24.6. The summed E-state index contributed by atoms with van der Waals surface area (Å²) in [5, 5.41) is 19.5. The highest BCUT2D eigenvalue weighted by atomic mass is 16.6. The zero-order chi connectivity index (χ0) is 48.2. The fourth-order valence-electron chi connectivity index (χ4n) is 5.60. The minimum atomic E-state index is -1.31. The van der Waals surface area contributed by atoms with Crippen LogP contribution in [0.2, 0.25) is 0 Å². The number of ether oxygens (including phenoxy) is 6. The second-order valence-corrected chi connectivity index (χ2v) is 21.3. The number of unbranched alkanes of at least 4 members (excludes halogenated alkanes) is 1. The third-order valence-electron chi connectivity index (χ3n) is 7.72. The minimum absolute atomic E-state index is 0.0187. The van der Waals surface area contributed by atoms with Gasteiger partial charge in [-0.1, -0.05) is 0 Å². The third-order valence-corrected chi connectivity index (χ3v) is 7.72. The van der Waals surface area contributed by atoms with Gasteiger partial charge >= 0.3 is 36.2 Å². The summed E-state index contributed by atoms with van der Waals surface area (Å²) < 4.78 is 34.9. The van der Waals surface area contributed by atoms with Gasteiger partial charge < -0.3 is 49.5 Å². The topological polar surface area (TPSA) is 218 Å². The lowest BCUT2D eigenvalue weighted by Gasteiger charge is -2.27. The van der Waals surface area contributed by atoms with Crippen molar-refractivity contribution < 1.29 is 66.9 Å². The Morgan fingerprint density at radius 1 is 0.500 bits per heavy atom. The van der Waals surface area contributed by atoms with Gasteiger partial charge in [0.15, 0.2) is 11.9 Å². The largest absolute Gasteiger partial charge is 0.503 e. The fraction of sp³-hybridized carbons (Fsp3) is 0.756. The lowest BCUT2D eigenvalue weighted by molar-refractivity contribution is -0.698. The predicted molar refractivity (Wildman–Crippen MR) is 231 cm³/mol. The summed E-state index contributed by atoms with van der Waals surface area (Å²) in [7, 11) is 0. The molecule has 17 nitrogen and oxygen atoms in total. The van der Waals surface area contributed by atoms with Crippen LogP contribution in [0.4, 0.5) is 14.4 Å². The second-order valence-electron chi connectivity index (χ2n) is 21.3. The zero-order valence-electron chi connectivity index (χ0n) is 40.6. The molecule has 0 aliphatic rings. The highest BCUT2D eigenvalue weighted by Crippen LogP contribution is 2.25. The number of hydrogen-bond acceptors (Lipinski definition) is 13. The van der Waals surface area contributed by atoms with Crippen molar-refractivity contribution in [3.63, 3.8) is 0 Å². The molecule has 0 bridgehead atoms. The first-order valence-corrected chi connectivity index (χ1v) is 21.2. The van der Waals surface area contributed by atoms with Gasteiger partial charge in [-0.2, -0.15) is 0 Å². The first kappa shape index (κ1) is 55.2. The van der Waals surface area contributed by atoms with Gasteiger partial charge in [0.05, 0.1) is 0 Å². The molecule has 1 rings (SSSR count). The monoisotopic (exact) mass is 882 g/mol. The van der Waals surface area contributed by atoms with Crippen molar-refractivity contribution in [2.24, 2.45) is 0 Å². The number of aromatic hydroxyl groups is 1. The number of aromatic nitrogens is 1. The number of nitrogens with one attached hydrogen (secondary N) is 3. The molecule has 17 heteroatoms. The van der Waals surface area contributed by atoms with E-state index in [4.69, 9.17) is 28.4 Å². The van der Waals surface area contributed by atoms with Crippen molar-refractivity contribution in [1.29, 1.82) is 0 Å².